The van der Waals surface area contributed by atoms with Crippen LogP contribution in [0.15, 0.2) is 156 Å². The van der Waals surface area contributed by atoms with E-state index < -0.39 is 97.2 Å². The van der Waals surface area contributed by atoms with Crippen molar-refractivity contribution in [2.45, 2.75) is 142 Å². The Bertz CT molecular complexity index is 5920. The van der Waals surface area contributed by atoms with Crippen molar-refractivity contribution in [2.24, 2.45) is 0 Å². The summed E-state index contributed by atoms with van der Waals surface area (Å²) in [5, 5.41) is 39.2. The smallest absolute Gasteiger partial charge is 0.393 e. The van der Waals surface area contributed by atoms with Gasteiger partial charge in [-0.2, -0.15) is 54.5 Å². The number of anilines is 8. The van der Waals surface area contributed by atoms with Gasteiger partial charge in [0.1, 0.15) is 47.5 Å². The molecule has 1 aliphatic rings. The molecule has 44 heteroatoms. The van der Waals surface area contributed by atoms with Crippen LogP contribution in [0.2, 0.25) is 0 Å². The van der Waals surface area contributed by atoms with Gasteiger partial charge < -0.3 is 74.4 Å². The standard InChI is InChI=1S/C90H103F9N20O15/c1-7-112(8-2)83-103-50-59(47-88(91,92)93)73(109-83)106-68(80(121)122)44-56-19-25-62(26-20-56)117-76-66(16-13-31-100-76)67(79(117)120)55-133-41-40-132-54-65(134-43-42-130-37-35-116-72-18-15-33-102-78(72)119(87(116)128)64-29-23-58(24-30-64)46-70(82(125)126)108-75-61(49-90(97,98)99)52-105-85(111-75)114(11-5)12-6)53-131-39-38-129-36-34-115-71-17-14-32-101-77(71)118(86(115)127)63-27-21-57(22-28-63)45-69(81(123)124)107-74-60(48-89(94,95)96)51-104-84(110-74)113(9-3)10-4/h13-33,50-52,65,67-70H,7-12,34-49,53-55H2,1-6H3,(H,121,122)(H,123,124)(H,125,126)(H,103,106,109)(H,104,107,110)(H,105,108,111)/t65?,67?,68-,69-,70-/m0/s1. The van der Waals surface area contributed by atoms with E-state index in [1.807, 2.05) is 41.5 Å². The SMILES string of the molecule is CCN(CC)c1ncc(CC(F)(F)F)c(N[C@@H](Cc2ccc(N3C(=O)C(COCCOCC(COCCOCCn4c(=O)n(-c5ccc(C[C@H](Nc6nc(N(CC)CC)ncc6CC(F)(F)F)C(=O)O)cc5)c5ncccc54)OCCOCCn4c(=O)n(-c5ccc(C[C@H](Nc6nc(N(CC)CC)ncc6CC(F)(F)F)C(=O)O)cc5)c5ncccc54)c4cccnc43)cc2)C(=O)O)n1. The first-order chi connectivity index (χ1) is 64.3. The first-order valence-corrected chi connectivity index (χ1v) is 43.5. The van der Waals surface area contributed by atoms with Crippen LogP contribution >= 0.6 is 0 Å². The molecule has 716 valence electrons. The van der Waals surface area contributed by atoms with Crippen molar-refractivity contribution in [3.63, 3.8) is 0 Å². The van der Waals surface area contributed by atoms with Crippen molar-refractivity contribution in [1.82, 2.24) is 63.1 Å². The van der Waals surface area contributed by atoms with Crippen molar-refractivity contribution in [3.8, 4) is 11.4 Å². The number of carbonyl (C=O) groups excluding carboxylic acids is 1. The van der Waals surface area contributed by atoms with Gasteiger partial charge in [0.15, 0.2) is 11.3 Å². The second-order valence-electron chi connectivity index (χ2n) is 31.1. The number of amides is 1. The third-order valence-electron chi connectivity index (χ3n) is 22.0. The van der Waals surface area contributed by atoms with Gasteiger partial charge in [0, 0.05) is 118 Å². The predicted octanol–water partition coefficient (Wildman–Crippen LogP) is 11.3. The number of ether oxygens (including phenoxy) is 6. The number of carboxylic acid groups (broad SMARTS) is 3. The lowest BCUT2D eigenvalue weighted by Gasteiger charge is -2.23. The monoisotopic (exact) mass is 1870 g/mol. The zero-order chi connectivity index (χ0) is 96.0. The van der Waals surface area contributed by atoms with Gasteiger partial charge in [-0.25, -0.2) is 63.0 Å². The van der Waals surface area contributed by atoms with Crippen molar-refractivity contribution in [3.05, 3.63) is 206 Å². The summed E-state index contributed by atoms with van der Waals surface area (Å²) in [6.45, 7) is 13.8. The van der Waals surface area contributed by atoms with E-state index in [9.17, 15) is 83.6 Å². The molecule has 11 aromatic rings. The highest BCUT2D eigenvalue weighted by Crippen LogP contribution is 2.41. The lowest BCUT2D eigenvalue weighted by Crippen LogP contribution is -2.33. The number of carbonyl (C=O) groups is 4. The van der Waals surface area contributed by atoms with Crippen LogP contribution in [-0.2, 0) is 99.2 Å². The van der Waals surface area contributed by atoms with Crippen LogP contribution in [0.1, 0.15) is 86.4 Å². The molecule has 6 N–H and O–H groups in total. The number of alkyl halides is 9. The van der Waals surface area contributed by atoms with E-state index in [4.69, 9.17) is 28.4 Å². The lowest BCUT2D eigenvalue weighted by atomic mass is 10.0. The molecule has 1 aliphatic heterocycles. The maximum Gasteiger partial charge on any atom is 0.393 e. The van der Waals surface area contributed by atoms with Crippen LogP contribution in [0, 0.1) is 0 Å². The molecule has 35 nitrogen and oxygen atoms in total. The summed E-state index contributed by atoms with van der Waals surface area (Å²) in [6, 6.07) is 25.2. The second-order valence-corrected chi connectivity index (χ2v) is 31.1. The molecule has 3 aromatic carbocycles. The summed E-state index contributed by atoms with van der Waals surface area (Å²) in [5.41, 5.74) is 2.77. The minimum Gasteiger partial charge on any atom is -0.480 e. The van der Waals surface area contributed by atoms with Crippen LogP contribution in [0.25, 0.3) is 33.7 Å². The fourth-order valence-electron chi connectivity index (χ4n) is 15.3. The molecule has 0 aliphatic carbocycles. The number of aliphatic carboxylic acids is 3. The summed E-state index contributed by atoms with van der Waals surface area (Å²) >= 11 is 0. The molecule has 0 saturated heterocycles. The van der Waals surface area contributed by atoms with E-state index in [0.717, 1.165) is 18.6 Å². The maximum atomic E-state index is 14.4. The molecule has 0 bridgehead atoms. The third-order valence-corrected chi connectivity index (χ3v) is 22.0. The molecule has 8 aromatic heterocycles. The number of benzene rings is 3. The summed E-state index contributed by atoms with van der Waals surface area (Å²) in [4.78, 5) is 127. The number of fused-ring (bicyclic) bond motifs is 3. The van der Waals surface area contributed by atoms with E-state index in [1.54, 1.807) is 124 Å². The van der Waals surface area contributed by atoms with E-state index in [-0.39, 0.29) is 163 Å². The minimum absolute atomic E-state index is 0.0102. The molecule has 2 unspecified atom stereocenters. The molecule has 0 spiro atoms. The molecule has 134 heavy (non-hydrogen) atoms. The number of nitrogens with zero attached hydrogens (tertiary/aromatic N) is 17. The number of nitrogens with one attached hydrogen (secondary N) is 3. The Kier molecular flexibility index (Phi) is 34.1. The molecule has 5 atom stereocenters. The fourth-order valence-corrected chi connectivity index (χ4v) is 15.3. The van der Waals surface area contributed by atoms with Crippen LogP contribution in [0.5, 0.6) is 0 Å². The summed E-state index contributed by atoms with van der Waals surface area (Å²) < 4.78 is 166. The normalized spacial score (nSPS) is 13.9. The Morgan fingerprint density at radius 2 is 0.769 bits per heavy atom. The molecular formula is C90H103F9N20O15. The number of rotatable bonds is 52. The predicted molar refractivity (Wildman–Crippen MR) is 477 cm³/mol. The molecule has 0 saturated carbocycles. The molecule has 0 fully saturated rings. The number of imidazole rings is 2. The quantitative estimate of drug-likeness (QED) is 0.0152. The van der Waals surface area contributed by atoms with Crippen molar-refractivity contribution < 1.29 is 102 Å². The number of halogens is 9. The van der Waals surface area contributed by atoms with Crippen LogP contribution in [0.3, 0.4) is 0 Å². The minimum atomic E-state index is -4.64. The zero-order valence-electron chi connectivity index (χ0n) is 74.2. The third kappa shape index (κ3) is 26.0. The van der Waals surface area contributed by atoms with Crippen LogP contribution in [0.4, 0.5) is 86.3 Å². The van der Waals surface area contributed by atoms with E-state index >= 15 is 0 Å². The molecular weight excluding hydrogens is 1770 g/mol. The average Bonchev–Trinajstić information content (AvgIpc) is 1.62. The maximum absolute atomic E-state index is 14.4. The van der Waals surface area contributed by atoms with Gasteiger partial charge in [0.25, 0.3) is 0 Å². The molecule has 1 amide bonds. The van der Waals surface area contributed by atoms with Crippen molar-refractivity contribution >= 4 is 92.9 Å². The Balaban J connectivity index is 0.669. The van der Waals surface area contributed by atoms with Crippen molar-refractivity contribution in [2.75, 3.05) is 147 Å². The van der Waals surface area contributed by atoms with E-state index in [2.05, 4.69) is 60.8 Å². The second kappa shape index (κ2) is 45.9. The average molecular weight is 1880 g/mol. The van der Waals surface area contributed by atoms with Gasteiger partial charge >= 0.3 is 47.8 Å². The molecule has 0 radical (unpaired) electrons. The topological polar surface area (TPSA) is 403 Å². The van der Waals surface area contributed by atoms with Gasteiger partial charge in [-0.15, -0.1) is 0 Å². The number of hydrogen-bond acceptors (Lipinski definition) is 27. The molecule has 12 rings (SSSR count). The van der Waals surface area contributed by atoms with E-state index in [1.165, 1.54) is 41.8 Å². The summed E-state index contributed by atoms with van der Waals surface area (Å²) in [5.74, 6) is -5.33. The number of aromatic nitrogens is 13. The Morgan fingerprint density at radius 1 is 0.425 bits per heavy atom. The Labute approximate surface area is 762 Å². The Hall–Kier alpha value is -13.3. The highest BCUT2D eigenvalue weighted by Gasteiger charge is 2.41. The fraction of sp³-hybridized carbons (Fsp3) is 0.433. The lowest BCUT2D eigenvalue weighted by molar-refractivity contribution is -0.138. The van der Waals surface area contributed by atoms with Gasteiger partial charge in [-0.1, -0.05) is 42.5 Å². The van der Waals surface area contributed by atoms with Gasteiger partial charge in [0.05, 0.1) is 139 Å². The highest BCUT2D eigenvalue weighted by molar-refractivity contribution is 6.09. The summed E-state index contributed by atoms with van der Waals surface area (Å²) in [7, 11) is 0. The van der Waals surface area contributed by atoms with Crippen LogP contribution < -0.4 is 46.9 Å². The molecule has 9 heterocycles. The highest BCUT2D eigenvalue weighted by atomic mass is 19.4. The van der Waals surface area contributed by atoms with Crippen molar-refractivity contribution in [1.29, 1.82) is 0 Å². The number of hydrogen-bond donors (Lipinski definition) is 6. The van der Waals surface area contributed by atoms with Crippen LogP contribution in [-0.4, -0.2) is 257 Å². The number of carboxylic acids is 3. The van der Waals surface area contributed by atoms with E-state index in [0.29, 0.717) is 107 Å². The van der Waals surface area contributed by atoms with Gasteiger partial charge in [-0.3, -0.25) is 18.8 Å². The largest absolute Gasteiger partial charge is 0.480 e. The first-order valence-electron chi connectivity index (χ1n) is 43.5. The number of pyridine rings is 3. The summed E-state index contributed by atoms with van der Waals surface area (Å²) in [6.07, 6.45) is -11.7. The Morgan fingerprint density at radius 3 is 1.13 bits per heavy atom. The first kappa shape index (κ1) is 99.7. The zero-order valence-corrected chi connectivity index (χ0v) is 74.2. The van der Waals surface area contributed by atoms with Gasteiger partial charge in [-0.05, 0) is 125 Å². The van der Waals surface area contributed by atoms with Gasteiger partial charge in [0.2, 0.25) is 23.8 Å².